The molecule has 0 aromatic carbocycles. The van der Waals surface area contributed by atoms with Crippen LogP contribution in [0.25, 0.3) is 0 Å². The summed E-state index contributed by atoms with van der Waals surface area (Å²) in [5.74, 6) is 0. The lowest BCUT2D eigenvalue weighted by Gasteiger charge is -2.32. The van der Waals surface area contributed by atoms with Crippen molar-refractivity contribution in [2.24, 2.45) is 0 Å². The molecule has 0 amide bonds. The molecule has 1 unspecified atom stereocenters. The molecule has 0 radical (unpaired) electrons. The van der Waals surface area contributed by atoms with Crippen LogP contribution >= 0.6 is 0 Å². The number of aliphatic hydroxyl groups excluding tert-OH is 2. The van der Waals surface area contributed by atoms with Gasteiger partial charge >= 0.3 is 0 Å². The van der Waals surface area contributed by atoms with E-state index in [1.54, 1.807) is 6.92 Å². The van der Waals surface area contributed by atoms with Gasteiger partial charge in [0.05, 0.1) is 6.10 Å². The van der Waals surface area contributed by atoms with Crippen LogP contribution in [0.1, 0.15) is 6.92 Å². The van der Waals surface area contributed by atoms with Crippen molar-refractivity contribution in [3.8, 4) is 0 Å². The maximum absolute atomic E-state index is 9.40. The Kier molecular flexibility index (Phi) is 3.26. The van der Waals surface area contributed by atoms with E-state index < -0.39 is 12.3 Å². The first-order valence-electron chi connectivity index (χ1n) is 4.02. The van der Waals surface area contributed by atoms with Crippen LogP contribution in [0, 0.1) is 0 Å². The predicted molar refractivity (Wildman–Crippen MR) is 42.1 cm³/mol. The van der Waals surface area contributed by atoms with Gasteiger partial charge in [-0.15, -0.1) is 0 Å². The van der Waals surface area contributed by atoms with Gasteiger partial charge in [-0.05, 0) is 6.92 Å². The highest BCUT2D eigenvalue weighted by Gasteiger charge is 2.21. The van der Waals surface area contributed by atoms with Gasteiger partial charge < -0.3 is 15.5 Å². The number of hydrogen-bond acceptors (Lipinski definition) is 4. The van der Waals surface area contributed by atoms with Crippen LogP contribution in [0.5, 0.6) is 0 Å². The average Bonchev–Trinajstić information content (AvgIpc) is 2.05. The predicted octanol–water partition coefficient (Wildman–Crippen LogP) is -1.41. The molecule has 0 saturated carbocycles. The van der Waals surface area contributed by atoms with E-state index in [4.69, 9.17) is 5.11 Å². The Labute approximate surface area is 66.8 Å². The second kappa shape index (κ2) is 4.01. The van der Waals surface area contributed by atoms with Crippen molar-refractivity contribution < 1.29 is 10.2 Å². The fourth-order valence-corrected chi connectivity index (χ4v) is 1.25. The number of piperazine rings is 1. The van der Waals surface area contributed by atoms with E-state index in [1.807, 2.05) is 4.90 Å². The quantitative estimate of drug-likeness (QED) is 0.464. The molecule has 4 heteroatoms. The minimum absolute atomic E-state index is 0.659. The molecule has 66 valence electrons. The molecule has 1 aliphatic heterocycles. The molecule has 0 aromatic heterocycles. The highest BCUT2D eigenvalue weighted by molar-refractivity contribution is 4.72. The molecule has 1 heterocycles. The van der Waals surface area contributed by atoms with Crippen molar-refractivity contribution in [3.05, 3.63) is 0 Å². The van der Waals surface area contributed by atoms with E-state index in [9.17, 15) is 5.11 Å². The summed E-state index contributed by atoms with van der Waals surface area (Å²) in [6.45, 7) is 5.01. The summed E-state index contributed by atoms with van der Waals surface area (Å²) in [5.41, 5.74) is 0. The van der Waals surface area contributed by atoms with Crippen LogP contribution in [0.3, 0.4) is 0 Å². The standard InChI is InChI=1S/C7H16N2O2/c1-6(10)7(11)9-4-2-8-3-5-9/h6-8,10-11H,2-5H2,1H3/t6-,7?/m0/s1. The zero-order valence-corrected chi connectivity index (χ0v) is 6.82. The first-order chi connectivity index (χ1) is 5.22. The van der Waals surface area contributed by atoms with Crippen LogP contribution < -0.4 is 5.32 Å². The highest BCUT2D eigenvalue weighted by atomic mass is 16.3. The molecule has 1 rings (SSSR count). The van der Waals surface area contributed by atoms with Crippen LogP contribution in [0.15, 0.2) is 0 Å². The smallest absolute Gasteiger partial charge is 0.133 e. The molecular weight excluding hydrogens is 144 g/mol. The van der Waals surface area contributed by atoms with Crippen LogP contribution in [0.4, 0.5) is 0 Å². The summed E-state index contributed by atoms with van der Waals surface area (Å²) in [7, 11) is 0. The second-order valence-corrected chi connectivity index (χ2v) is 2.94. The van der Waals surface area contributed by atoms with Gasteiger partial charge in [-0.25, -0.2) is 0 Å². The maximum Gasteiger partial charge on any atom is 0.133 e. The monoisotopic (exact) mass is 160 g/mol. The number of hydrogen-bond donors (Lipinski definition) is 3. The third-order valence-corrected chi connectivity index (χ3v) is 1.96. The van der Waals surface area contributed by atoms with E-state index in [0.29, 0.717) is 0 Å². The SMILES string of the molecule is C[C@H](O)C(O)N1CCNCC1. The van der Waals surface area contributed by atoms with Crippen molar-refractivity contribution in [2.75, 3.05) is 26.2 Å². The molecule has 0 aliphatic carbocycles. The molecule has 2 atom stereocenters. The van der Waals surface area contributed by atoms with Crippen molar-refractivity contribution in [1.82, 2.24) is 10.2 Å². The minimum atomic E-state index is -0.697. The van der Waals surface area contributed by atoms with Crippen LogP contribution in [-0.4, -0.2) is 53.6 Å². The molecule has 1 aliphatic rings. The summed E-state index contributed by atoms with van der Waals surface area (Å²) in [5, 5.41) is 21.6. The lowest BCUT2D eigenvalue weighted by atomic mass is 10.3. The fraction of sp³-hybridized carbons (Fsp3) is 1.00. The van der Waals surface area contributed by atoms with Gasteiger partial charge in [0, 0.05) is 26.2 Å². The number of nitrogens with one attached hydrogen (secondary N) is 1. The largest absolute Gasteiger partial charge is 0.389 e. The molecule has 0 spiro atoms. The Morgan fingerprint density at radius 2 is 1.82 bits per heavy atom. The van der Waals surface area contributed by atoms with Gasteiger partial charge in [0.1, 0.15) is 6.23 Å². The number of aliphatic hydroxyl groups is 2. The second-order valence-electron chi connectivity index (χ2n) is 2.94. The van der Waals surface area contributed by atoms with Crippen molar-refractivity contribution in [3.63, 3.8) is 0 Å². The first kappa shape index (κ1) is 8.93. The molecule has 0 bridgehead atoms. The van der Waals surface area contributed by atoms with Crippen molar-refractivity contribution in [2.45, 2.75) is 19.3 Å². The van der Waals surface area contributed by atoms with Gasteiger partial charge in [0.15, 0.2) is 0 Å². The van der Waals surface area contributed by atoms with Crippen molar-refractivity contribution in [1.29, 1.82) is 0 Å². The molecule has 11 heavy (non-hydrogen) atoms. The zero-order valence-electron chi connectivity index (χ0n) is 6.82. The minimum Gasteiger partial charge on any atom is -0.389 e. The Balaban J connectivity index is 2.32. The Morgan fingerprint density at radius 3 is 2.27 bits per heavy atom. The maximum atomic E-state index is 9.40. The third kappa shape index (κ3) is 2.41. The van der Waals surface area contributed by atoms with Gasteiger partial charge in [-0.2, -0.15) is 0 Å². The van der Waals surface area contributed by atoms with Crippen LogP contribution in [-0.2, 0) is 0 Å². The summed E-state index contributed by atoms with van der Waals surface area (Å²) in [4.78, 5) is 1.88. The molecule has 1 saturated heterocycles. The molecule has 1 fully saturated rings. The van der Waals surface area contributed by atoms with Crippen LogP contribution in [0.2, 0.25) is 0 Å². The number of rotatable bonds is 2. The fourth-order valence-electron chi connectivity index (χ4n) is 1.25. The average molecular weight is 160 g/mol. The number of nitrogens with zero attached hydrogens (tertiary/aromatic N) is 1. The topological polar surface area (TPSA) is 55.7 Å². The highest BCUT2D eigenvalue weighted by Crippen LogP contribution is 2.02. The lowest BCUT2D eigenvalue weighted by Crippen LogP contribution is -2.51. The molecule has 4 nitrogen and oxygen atoms in total. The van der Waals surface area contributed by atoms with Gasteiger partial charge in [0.25, 0.3) is 0 Å². The van der Waals surface area contributed by atoms with Gasteiger partial charge in [0.2, 0.25) is 0 Å². The van der Waals surface area contributed by atoms with Gasteiger partial charge in [-0.1, -0.05) is 0 Å². The lowest BCUT2D eigenvalue weighted by molar-refractivity contribution is -0.0793. The summed E-state index contributed by atoms with van der Waals surface area (Å²) >= 11 is 0. The van der Waals surface area contributed by atoms with E-state index in [1.165, 1.54) is 0 Å². The zero-order chi connectivity index (χ0) is 8.27. The van der Waals surface area contributed by atoms with Gasteiger partial charge in [-0.3, -0.25) is 4.90 Å². The third-order valence-electron chi connectivity index (χ3n) is 1.96. The first-order valence-corrected chi connectivity index (χ1v) is 4.02. The Morgan fingerprint density at radius 1 is 1.27 bits per heavy atom. The molecule has 3 N–H and O–H groups in total. The Bertz CT molecular complexity index is 113. The normalized spacial score (nSPS) is 26.5. The van der Waals surface area contributed by atoms with E-state index in [0.717, 1.165) is 26.2 Å². The summed E-state index contributed by atoms with van der Waals surface area (Å²) in [6, 6.07) is 0. The molecular formula is C7H16N2O2. The Hall–Kier alpha value is -0.160. The van der Waals surface area contributed by atoms with E-state index in [-0.39, 0.29) is 0 Å². The summed E-state index contributed by atoms with van der Waals surface area (Å²) < 4.78 is 0. The van der Waals surface area contributed by atoms with Crippen molar-refractivity contribution >= 4 is 0 Å². The van der Waals surface area contributed by atoms with E-state index in [2.05, 4.69) is 5.32 Å². The van der Waals surface area contributed by atoms with E-state index >= 15 is 0 Å². The summed E-state index contributed by atoms with van der Waals surface area (Å²) in [6.07, 6.45) is -1.36. The molecule has 0 aromatic rings.